The molecular weight excluding hydrogens is 451 g/mol. The Bertz CT molecular complexity index is 1170. The minimum atomic E-state index is -4.77. The number of aromatic amines is 1. The van der Waals surface area contributed by atoms with Gasteiger partial charge in [0.2, 0.25) is 0 Å². The van der Waals surface area contributed by atoms with Gasteiger partial charge in [0.1, 0.15) is 17.7 Å². The van der Waals surface area contributed by atoms with Crippen molar-refractivity contribution in [3.05, 3.63) is 53.5 Å². The van der Waals surface area contributed by atoms with Crippen molar-refractivity contribution in [3.63, 3.8) is 0 Å². The van der Waals surface area contributed by atoms with E-state index in [0.717, 1.165) is 42.5 Å². The number of likely N-dealkylation sites (tertiary alicyclic amines) is 1. The van der Waals surface area contributed by atoms with Crippen molar-refractivity contribution < 1.29 is 27.4 Å². The van der Waals surface area contributed by atoms with E-state index in [-0.39, 0.29) is 29.7 Å². The number of carbonyl (C=O) groups is 1. The fourth-order valence-electron chi connectivity index (χ4n) is 4.69. The summed E-state index contributed by atoms with van der Waals surface area (Å²) in [7, 11) is 0. The van der Waals surface area contributed by atoms with Gasteiger partial charge in [0.05, 0.1) is 5.52 Å². The lowest BCUT2D eigenvalue weighted by molar-refractivity contribution is -0.274. The van der Waals surface area contributed by atoms with Gasteiger partial charge in [0.25, 0.3) is 5.91 Å². The Hall–Kier alpha value is -3.18. The Morgan fingerprint density at radius 3 is 2.53 bits per heavy atom. The molecule has 3 N–H and O–H groups in total. The van der Waals surface area contributed by atoms with Crippen LogP contribution in [0.2, 0.25) is 0 Å². The summed E-state index contributed by atoms with van der Waals surface area (Å²) < 4.78 is 46.6. The van der Waals surface area contributed by atoms with Crippen molar-refractivity contribution in [3.8, 4) is 5.75 Å². The summed E-state index contributed by atoms with van der Waals surface area (Å²) in [6.07, 6.45) is -1.03. The molecule has 2 atom stereocenters. The molecule has 180 valence electrons. The molecule has 2 aliphatic heterocycles. The number of pyridine rings is 1. The number of benzene rings is 1. The highest BCUT2D eigenvalue weighted by molar-refractivity contribution is 5.94. The van der Waals surface area contributed by atoms with Crippen LogP contribution in [-0.4, -0.2) is 57.9 Å². The number of aromatic nitrogens is 3. The predicted molar refractivity (Wildman–Crippen MR) is 116 cm³/mol. The molecule has 5 rings (SSSR count). The number of piperidine rings is 1. The zero-order valence-corrected chi connectivity index (χ0v) is 18.2. The molecule has 0 aliphatic carbocycles. The predicted octanol–water partition coefficient (Wildman–Crippen LogP) is 3.67. The molecule has 2 aliphatic rings. The first kappa shape index (κ1) is 22.6. The van der Waals surface area contributed by atoms with Crippen LogP contribution in [0.3, 0.4) is 0 Å². The van der Waals surface area contributed by atoms with E-state index in [2.05, 4.69) is 19.7 Å². The minimum Gasteiger partial charge on any atom is -0.406 e. The highest BCUT2D eigenvalue weighted by Crippen LogP contribution is 2.34. The Labute approximate surface area is 193 Å². The molecule has 0 unspecified atom stereocenters. The first-order valence-electron chi connectivity index (χ1n) is 11.2. The topological polar surface area (TPSA) is 106 Å². The number of halogens is 3. The van der Waals surface area contributed by atoms with Gasteiger partial charge in [0.15, 0.2) is 5.65 Å². The van der Waals surface area contributed by atoms with Gasteiger partial charge in [-0.2, -0.15) is 0 Å². The maximum absolute atomic E-state index is 12.8. The van der Waals surface area contributed by atoms with E-state index >= 15 is 0 Å². The molecule has 2 saturated heterocycles. The number of hydrogen-bond donors (Lipinski definition) is 2. The Morgan fingerprint density at radius 2 is 1.88 bits per heavy atom. The minimum absolute atomic E-state index is 0.104. The van der Waals surface area contributed by atoms with E-state index in [9.17, 15) is 18.0 Å². The average molecular weight is 475 g/mol. The molecule has 8 nitrogen and oxygen atoms in total. The standard InChI is InChI=1S/C23H24F3N5O3/c24-23(25,26)34-15-3-1-14(2-4-15)22(32)31-10-6-13(7-11-31)16-5-9-28-20-18(16)29-21(30-20)19-17(27)8-12-33-19/h1-5,9,13,17,19H,6-8,10-12,27H2,(H,28,29,30)/t17-,19+/m0/s1. The molecule has 1 aromatic carbocycles. The van der Waals surface area contributed by atoms with Gasteiger partial charge in [-0.3, -0.25) is 4.79 Å². The second-order valence-corrected chi connectivity index (χ2v) is 8.60. The fourth-order valence-corrected chi connectivity index (χ4v) is 4.69. The maximum atomic E-state index is 12.8. The highest BCUT2D eigenvalue weighted by Gasteiger charge is 2.32. The number of rotatable bonds is 4. The van der Waals surface area contributed by atoms with E-state index in [1.165, 1.54) is 12.1 Å². The van der Waals surface area contributed by atoms with Crippen LogP contribution in [0, 0.1) is 0 Å². The molecule has 0 radical (unpaired) electrons. The van der Waals surface area contributed by atoms with Crippen molar-refractivity contribution in [1.82, 2.24) is 19.9 Å². The number of H-pyrrole nitrogens is 1. The molecule has 11 heteroatoms. The fraction of sp³-hybridized carbons (Fsp3) is 0.435. The van der Waals surface area contributed by atoms with Crippen molar-refractivity contribution in [2.45, 2.75) is 43.7 Å². The summed E-state index contributed by atoms with van der Waals surface area (Å²) in [5, 5.41) is 0. The van der Waals surface area contributed by atoms with Gasteiger partial charge < -0.3 is 25.1 Å². The second kappa shape index (κ2) is 8.88. The number of nitrogens with one attached hydrogen (secondary N) is 1. The number of nitrogens with zero attached hydrogens (tertiary/aromatic N) is 3. The van der Waals surface area contributed by atoms with Crippen molar-refractivity contribution in [1.29, 1.82) is 0 Å². The lowest BCUT2D eigenvalue weighted by atomic mass is 9.89. The molecule has 0 spiro atoms. The number of ether oxygens (including phenoxy) is 2. The summed E-state index contributed by atoms with van der Waals surface area (Å²) in [5.41, 5.74) is 9.04. The second-order valence-electron chi connectivity index (χ2n) is 8.60. The third-order valence-corrected chi connectivity index (χ3v) is 6.41. The van der Waals surface area contributed by atoms with Crippen LogP contribution in [-0.2, 0) is 4.74 Å². The van der Waals surface area contributed by atoms with Crippen LogP contribution in [0.25, 0.3) is 11.2 Å². The lowest BCUT2D eigenvalue weighted by Crippen LogP contribution is -2.38. The molecule has 34 heavy (non-hydrogen) atoms. The number of hydrogen-bond acceptors (Lipinski definition) is 6. The number of imidazole rings is 1. The summed E-state index contributed by atoms with van der Waals surface area (Å²) in [6.45, 7) is 1.67. The van der Waals surface area contributed by atoms with Crippen LogP contribution in [0.5, 0.6) is 5.75 Å². The number of amides is 1. The molecule has 4 heterocycles. The molecule has 3 aromatic rings. The molecule has 1 amide bonds. The van der Waals surface area contributed by atoms with Crippen molar-refractivity contribution in [2.24, 2.45) is 5.73 Å². The first-order valence-corrected chi connectivity index (χ1v) is 11.2. The van der Waals surface area contributed by atoms with E-state index in [4.69, 9.17) is 10.5 Å². The van der Waals surface area contributed by atoms with Gasteiger partial charge in [0, 0.05) is 37.5 Å². The number of carbonyl (C=O) groups excluding carboxylic acids is 1. The molecular formula is C23H24F3N5O3. The largest absolute Gasteiger partial charge is 0.573 e. The number of nitrogens with two attached hydrogens (primary N) is 1. The Morgan fingerprint density at radius 1 is 1.15 bits per heavy atom. The van der Waals surface area contributed by atoms with Gasteiger partial charge in [-0.15, -0.1) is 13.2 Å². The van der Waals surface area contributed by atoms with Gasteiger partial charge >= 0.3 is 6.36 Å². The monoisotopic (exact) mass is 475 g/mol. The molecule has 0 saturated carbocycles. The number of alkyl halides is 3. The van der Waals surface area contributed by atoms with E-state index in [1.54, 1.807) is 11.1 Å². The SMILES string of the molecule is N[C@H]1CCO[C@H]1c1nc2nccc(C3CCN(C(=O)c4ccc(OC(F)(F)F)cc4)CC3)c2[nH]1. The van der Waals surface area contributed by atoms with Crippen LogP contribution in [0.4, 0.5) is 13.2 Å². The molecule has 2 fully saturated rings. The summed E-state index contributed by atoms with van der Waals surface area (Å²) >= 11 is 0. The Kier molecular flexibility index (Phi) is 5.90. The first-order chi connectivity index (χ1) is 16.3. The van der Waals surface area contributed by atoms with E-state index < -0.39 is 6.36 Å². The van der Waals surface area contributed by atoms with Crippen LogP contribution in [0.15, 0.2) is 36.5 Å². The summed E-state index contributed by atoms with van der Waals surface area (Å²) in [4.78, 5) is 26.9. The smallest absolute Gasteiger partial charge is 0.406 e. The average Bonchev–Trinajstić information content (AvgIpc) is 3.43. The quantitative estimate of drug-likeness (QED) is 0.597. The third-order valence-electron chi connectivity index (χ3n) is 6.41. The zero-order valence-electron chi connectivity index (χ0n) is 18.2. The van der Waals surface area contributed by atoms with Crippen LogP contribution in [0.1, 0.15) is 53.0 Å². The van der Waals surface area contributed by atoms with E-state index in [0.29, 0.717) is 36.7 Å². The lowest BCUT2D eigenvalue weighted by Gasteiger charge is -2.32. The zero-order chi connectivity index (χ0) is 23.9. The van der Waals surface area contributed by atoms with E-state index in [1.807, 2.05) is 6.07 Å². The van der Waals surface area contributed by atoms with Gasteiger partial charge in [-0.25, -0.2) is 9.97 Å². The number of fused-ring (bicyclic) bond motifs is 1. The van der Waals surface area contributed by atoms with Crippen molar-refractivity contribution in [2.75, 3.05) is 19.7 Å². The van der Waals surface area contributed by atoms with Crippen LogP contribution < -0.4 is 10.5 Å². The summed E-state index contributed by atoms with van der Waals surface area (Å²) in [6, 6.07) is 6.87. The highest BCUT2D eigenvalue weighted by atomic mass is 19.4. The molecule has 2 aromatic heterocycles. The van der Waals surface area contributed by atoms with Gasteiger partial charge in [-0.05, 0) is 61.1 Å². The Balaban J connectivity index is 1.26. The maximum Gasteiger partial charge on any atom is 0.573 e. The van der Waals surface area contributed by atoms with Crippen molar-refractivity contribution >= 4 is 17.1 Å². The summed E-state index contributed by atoms with van der Waals surface area (Å²) in [5.74, 6) is 0.328. The molecule has 0 bridgehead atoms. The third kappa shape index (κ3) is 4.58. The van der Waals surface area contributed by atoms with Gasteiger partial charge in [-0.1, -0.05) is 0 Å². The van der Waals surface area contributed by atoms with Crippen LogP contribution >= 0.6 is 0 Å². The normalized spacial score (nSPS) is 21.8.